The molecular formula is C12H14FN3. The average molecular weight is 219 g/mol. The van der Waals surface area contributed by atoms with E-state index in [4.69, 9.17) is 5.26 Å². The number of hydrogen-bond acceptors (Lipinski definition) is 3. The fourth-order valence-corrected chi connectivity index (χ4v) is 2.04. The van der Waals surface area contributed by atoms with E-state index in [0.717, 1.165) is 19.6 Å². The Bertz CT molecular complexity index is 425. The lowest BCUT2D eigenvalue weighted by molar-refractivity contribution is 0.484. The predicted octanol–water partition coefficient (Wildman–Crippen LogP) is 1.50. The minimum absolute atomic E-state index is 0.150. The molecule has 0 aliphatic carbocycles. The molecule has 1 fully saturated rings. The first kappa shape index (κ1) is 10.9. The highest BCUT2D eigenvalue weighted by Crippen LogP contribution is 2.23. The van der Waals surface area contributed by atoms with Gasteiger partial charge in [0, 0.05) is 25.7 Å². The van der Waals surface area contributed by atoms with Crippen molar-refractivity contribution in [3.8, 4) is 6.07 Å². The summed E-state index contributed by atoms with van der Waals surface area (Å²) in [7, 11) is 0. The molecule has 1 saturated heterocycles. The highest BCUT2D eigenvalue weighted by molar-refractivity contribution is 5.60. The van der Waals surface area contributed by atoms with Gasteiger partial charge >= 0.3 is 0 Å². The predicted molar refractivity (Wildman–Crippen MR) is 60.8 cm³/mol. The van der Waals surface area contributed by atoms with Crippen LogP contribution in [0.5, 0.6) is 0 Å². The molecule has 3 nitrogen and oxygen atoms in total. The van der Waals surface area contributed by atoms with E-state index in [1.807, 2.05) is 6.07 Å². The van der Waals surface area contributed by atoms with Crippen molar-refractivity contribution in [2.45, 2.75) is 13.0 Å². The number of nitriles is 1. The Kier molecular flexibility index (Phi) is 3.07. The van der Waals surface area contributed by atoms with Gasteiger partial charge < -0.3 is 10.2 Å². The normalized spacial score (nSPS) is 20.6. The summed E-state index contributed by atoms with van der Waals surface area (Å²) in [5.74, 6) is -0.439. The highest BCUT2D eigenvalue weighted by Gasteiger charge is 2.19. The molecule has 0 spiro atoms. The van der Waals surface area contributed by atoms with Gasteiger partial charge in [-0.3, -0.25) is 0 Å². The van der Waals surface area contributed by atoms with Crippen molar-refractivity contribution in [1.82, 2.24) is 5.32 Å². The SMILES string of the molecule is C[C@@H]1CN(c2cccc(F)c2C#N)CCN1. The van der Waals surface area contributed by atoms with Crippen LogP contribution in [-0.4, -0.2) is 25.7 Å². The summed E-state index contributed by atoms with van der Waals surface area (Å²) in [6, 6.07) is 7.09. The molecule has 1 N–H and O–H groups in total. The van der Waals surface area contributed by atoms with Crippen molar-refractivity contribution < 1.29 is 4.39 Å². The molecule has 1 aliphatic rings. The van der Waals surface area contributed by atoms with Crippen LogP contribution in [0.15, 0.2) is 18.2 Å². The van der Waals surface area contributed by atoms with Gasteiger partial charge in [0.25, 0.3) is 0 Å². The Morgan fingerprint density at radius 3 is 3.06 bits per heavy atom. The number of rotatable bonds is 1. The van der Waals surface area contributed by atoms with Crippen molar-refractivity contribution in [3.05, 3.63) is 29.6 Å². The van der Waals surface area contributed by atoms with Crippen LogP contribution < -0.4 is 10.2 Å². The summed E-state index contributed by atoms with van der Waals surface area (Å²) in [5, 5.41) is 12.3. The molecule has 1 aromatic rings. The first-order valence-electron chi connectivity index (χ1n) is 5.39. The molecule has 1 heterocycles. The summed E-state index contributed by atoms with van der Waals surface area (Å²) in [4.78, 5) is 2.06. The molecular weight excluding hydrogens is 205 g/mol. The van der Waals surface area contributed by atoms with Crippen LogP contribution in [0.1, 0.15) is 12.5 Å². The average Bonchev–Trinajstić information content (AvgIpc) is 2.28. The van der Waals surface area contributed by atoms with Crippen molar-refractivity contribution in [2.24, 2.45) is 0 Å². The fraction of sp³-hybridized carbons (Fsp3) is 0.417. The molecule has 0 amide bonds. The first-order chi connectivity index (χ1) is 7.72. The van der Waals surface area contributed by atoms with E-state index in [-0.39, 0.29) is 5.56 Å². The summed E-state index contributed by atoms with van der Waals surface area (Å²) < 4.78 is 13.4. The van der Waals surface area contributed by atoms with E-state index in [1.54, 1.807) is 12.1 Å². The van der Waals surface area contributed by atoms with Gasteiger partial charge in [0.15, 0.2) is 0 Å². The first-order valence-corrected chi connectivity index (χ1v) is 5.39. The maximum Gasteiger partial charge on any atom is 0.143 e. The maximum atomic E-state index is 13.4. The molecule has 0 aromatic heterocycles. The quantitative estimate of drug-likeness (QED) is 0.778. The summed E-state index contributed by atoms with van der Waals surface area (Å²) >= 11 is 0. The Morgan fingerprint density at radius 1 is 1.56 bits per heavy atom. The van der Waals surface area contributed by atoms with Crippen molar-refractivity contribution in [2.75, 3.05) is 24.5 Å². The molecule has 0 radical (unpaired) electrons. The van der Waals surface area contributed by atoms with Gasteiger partial charge in [-0.15, -0.1) is 0 Å². The molecule has 16 heavy (non-hydrogen) atoms. The van der Waals surface area contributed by atoms with E-state index in [9.17, 15) is 4.39 Å². The lowest BCUT2D eigenvalue weighted by Crippen LogP contribution is -2.49. The van der Waals surface area contributed by atoms with Crippen LogP contribution in [0, 0.1) is 17.1 Å². The topological polar surface area (TPSA) is 39.1 Å². The largest absolute Gasteiger partial charge is 0.368 e. The molecule has 4 heteroatoms. The lowest BCUT2D eigenvalue weighted by atomic mass is 10.1. The smallest absolute Gasteiger partial charge is 0.143 e. The van der Waals surface area contributed by atoms with Gasteiger partial charge in [-0.25, -0.2) is 4.39 Å². The molecule has 1 aliphatic heterocycles. The van der Waals surface area contributed by atoms with Crippen LogP contribution in [0.2, 0.25) is 0 Å². The number of nitrogens with zero attached hydrogens (tertiary/aromatic N) is 2. The fourth-order valence-electron chi connectivity index (χ4n) is 2.04. The zero-order valence-electron chi connectivity index (χ0n) is 9.20. The van der Waals surface area contributed by atoms with Gasteiger partial charge in [-0.2, -0.15) is 5.26 Å². The van der Waals surface area contributed by atoms with Gasteiger partial charge in [-0.05, 0) is 19.1 Å². The van der Waals surface area contributed by atoms with Gasteiger partial charge in [-0.1, -0.05) is 6.07 Å². The van der Waals surface area contributed by atoms with Gasteiger partial charge in [0.05, 0.1) is 5.69 Å². The van der Waals surface area contributed by atoms with Crippen LogP contribution in [-0.2, 0) is 0 Å². The van der Waals surface area contributed by atoms with E-state index >= 15 is 0 Å². The second-order valence-corrected chi connectivity index (χ2v) is 4.05. The van der Waals surface area contributed by atoms with Gasteiger partial charge in [0.1, 0.15) is 17.4 Å². The van der Waals surface area contributed by atoms with Crippen LogP contribution in [0.4, 0.5) is 10.1 Å². The minimum Gasteiger partial charge on any atom is -0.368 e. The molecule has 0 saturated carbocycles. The number of halogens is 1. The summed E-state index contributed by atoms with van der Waals surface area (Å²) in [6.07, 6.45) is 0. The van der Waals surface area contributed by atoms with Gasteiger partial charge in [0.2, 0.25) is 0 Å². The number of benzene rings is 1. The van der Waals surface area contributed by atoms with Crippen LogP contribution >= 0.6 is 0 Å². The zero-order valence-corrected chi connectivity index (χ0v) is 9.20. The molecule has 84 valence electrons. The second-order valence-electron chi connectivity index (χ2n) is 4.05. The minimum atomic E-state index is -0.439. The molecule has 0 unspecified atom stereocenters. The summed E-state index contributed by atoms with van der Waals surface area (Å²) in [5.41, 5.74) is 0.854. The molecule has 1 aromatic carbocycles. The molecule has 0 bridgehead atoms. The van der Waals surface area contributed by atoms with Crippen molar-refractivity contribution in [1.29, 1.82) is 5.26 Å². The zero-order chi connectivity index (χ0) is 11.5. The lowest BCUT2D eigenvalue weighted by Gasteiger charge is -2.34. The Hall–Kier alpha value is -1.60. The maximum absolute atomic E-state index is 13.4. The Labute approximate surface area is 94.5 Å². The third-order valence-corrected chi connectivity index (χ3v) is 2.81. The highest BCUT2D eigenvalue weighted by atomic mass is 19.1. The van der Waals surface area contributed by atoms with Crippen molar-refractivity contribution >= 4 is 5.69 Å². The number of nitrogens with one attached hydrogen (secondary N) is 1. The van der Waals surface area contributed by atoms with E-state index < -0.39 is 5.82 Å². The van der Waals surface area contributed by atoms with E-state index in [1.165, 1.54) is 6.07 Å². The number of anilines is 1. The van der Waals surface area contributed by atoms with Crippen molar-refractivity contribution in [3.63, 3.8) is 0 Å². The third kappa shape index (κ3) is 2.00. The molecule has 1 atom stereocenters. The summed E-state index contributed by atoms with van der Waals surface area (Å²) in [6.45, 7) is 4.56. The van der Waals surface area contributed by atoms with E-state index in [0.29, 0.717) is 11.7 Å². The van der Waals surface area contributed by atoms with Crippen LogP contribution in [0.25, 0.3) is 0 Å². The number of piperazine rings is 1. The second kappa shape index (κ2) is 4.50. The Morgan fingerprint density at radius 2 is 2.38 bits per heavy atom. The monoisotopic (exact) mass is 219 g/mol. The number of hydrogen-bond donors (Lipinski definition) is 1. The standard InChI is InChI=1S/C12H14FN3/c1-9-8-16(6-5-15-9)12-4-2-3-11(13)10(12)7-14/h2-4,9,15H,5-6,8H2,1H3/t9-/m1/s1. The van der Waals surface area contributed by atoms with Crippen LogP contribution in [0.3, 0.4) is 0 Å². The molecule has 2 rings (SSSR count). The van der Waals surface area contributed by atoms with E-state index in [2.05, 4.69) is 17.1 Å². The Balaban J connectivity index is 2.33. The third-order valence-electron chi connectivity index (χ3n) is 2.81.